The molecule has 0 saturated heterocycles. The number of aromatic nitrogens is 2. The molecule has 0 aliphatic rings. The van der Waals surface area contributed by atoms with Crippen LogP contribution in [-0.2, 0) is 16.6 Å². The number of imidazole rings is 1. The maximum absolute atomic E-state index is 13.2. The maximum Gasteiger partial charge on any atom is 0.343 e. The number of para-hydroxylation sites is 3. The van der Waals surface area contributed by atoms with Gasteiger partial charge in [-0.05, 0) is 36.4 Å². The maximum atomic E-state index is 13.2. The fourth-order valence-corrected chi connectivity index (χ4v) is 4.80. The van der Waals surface area contributed by atoms with Gasteiger partial charge in [-0.25, -0.2) is 13.2 Å². The third-order valence-electron chi connectivity index (χ3n) is 4.79. The van der Waals surface area contributed by atoms with Crippen LogP contribution in [0.25, 0.3) is 11.0 Å². The van der Waals surface area contributed by atoms with Gasteiger partial charge in [0.1, 0.15) is 5.75 Å². The number of nitrogens with zero attached hydrogens (tertiary/aromatic N) is 2. The van der Waals surface area contributed by atoms with Crippen molar-refractivity contribution in [3.8, 4) is 5.75 Å². The van der Waals surface area contributed by atoms with E-state index in [0.29, 0.717) is 16.8 Å². The summed E-state index contributed by atoms with van der Waals surface area (Å²) in [7, 11) is -2.69. The number of hydrogen-bond donors (Lipinski definition) is 0. The van der Waals surface area contributed by atoms with Crippen molar-refractivity contribution in [3.63, 3.8) is 0 Å². The Morgan fingerprint density at radius 1 is 0.867 bits per heavy atom. The fourth-order valence-electron chi connectivity index (χ4n) is 3.37. The summed E-state index contributed by atoms with van der Waals surface area (Å²) in [5, 5.41) is 0. The fraction of sp³-hybridized carbons (Fsp3) is 0.0909. The van der Waals surface area contributed by atoms with Gasteiger partial charge in [-0.1, -0.05) is 42.5 Å². The second kappa shape index (κ2) is 7.64. The normalized spacial score (nSPS) is 11.5. The standard InChI is InChI=1S/C22H18N2O5S/c1-29-21-14-8-5-11-17(21)20(25)15-23-18-12-6-7-13-19(18)24(22(23)26)30(27,28)16-9-3-2-4-10-16/h2-14H,15H2,1H3. The molecule has 0 fully saturated rings. The van der Waals surface area contributed by atoms with Gasteiger partial charge in [-0.15, -0.1) is 0 Å². The predicted molar refractivity (Wildman–Crippen MR) is 113 cm³/mol. The molecule has 3 aromatic carbocycles. The summed E-state index contributed by atoms with van der Waals surface area (Å²) in [5.74, 6) is 0.0192. The number of ketones is 1. The number of benzene rings is 3. The first-order valence-electron chi connectivity index (χ1n) is 9.12. The van der Waals surface area contributed by atoms with Crippen LogP contribution in [0.1, 0.15) is 10.4 Å². The minimum absolute atomic E-state index is 0.00828. The van der Waals surface area contributed by atoms with Gasteiger partial charge in [-0.3, -0.25) is 9.36 Å². The third-order valence-corrected chi connectivity index (χ3v) is 6.49. The zero-order chi connectivity index (χ0) is 21.3. The Morgan fingerprint density at radius 2 is 1.47 bits per heavy atom. The molecule has 0 atom stereocenters. The number of carbonyl (C=O) groups excluding carboxylic acids is 1. The molecular weight excluding hydrogens is 404 g/mol. The number of Topliss-reactive ketones (excluding diaryl/α,β-unsaturated/α-hetero) is 1. The van der Waals surface area contributed by atoms with E-state index in [4.69, 9.17) is 4.74 Å². The lowest BCUT2D eigenvalue weighted by Gasteiger charge is -2.08. The molecule has 0 radical (unpaired) electrons. The molecule has 4 aromatic rings. The van der Waals surface area contributed by atoms with Crippen LogP contribution in [0.3, 0.4) is 0 Å². The van der Waals surface area contributed by atoms with Crippen LogP contribution < -0.4 is 10.4 Å². The summed E-state index contributed by atoms with van der Waals surface area (Å²) in [4.78, 5) is 26.1. The molecule has 0 aliphatic heterocycles. The first-order valence-corrected chi connectivity index (χ1v) is 10.6. The molecule has 0 aliphatic carbocycles. The molecule has 0 spiro atoms. The SMILES string of the molecule is COc1ccccc1C(=O)Cn1c(=O)n(S(=O)(=O)c2ccccc2)c2ccccc21. The Kier molecular flexibility index (Phi) is 5.01. The Hall–Kier alpha value is -3.65. The van der Waals surface area contributed by atoms with Crippen LogP contribution in [0, 0.1) is 0 Å². The van der Waals surface area contributed by atoms with E-state index < -0.39 is 15.7 Å². The number of methoxy groups -OCH3 is 1. The Labute approximate surface area is 172 Å². The minimum Gasteiger partial charge on any atom is -0.496 e. The molecule has 1 heterocycles. The molecular formula is C22H18N2O5S. The molecule has 1 aromatic heterocycles. The minimum atomic E-state index is -4.14. The number of carbonyl (C=O) groups is 1. The zero-order valence-corrected chi connectivity index (χ0v) is 16.9. The molecule has 4 rings (SSSR count). The van der Waals surface area contributed by atoms with E-state index in [2.05, 4.69) is 0 Å². The summed E-state index contributed by atoms with van der Waals surface area (Å²) in [6, 6.07) is 20.9. The van der Waals surface area contributed by atoms with Crippen LogP contribution in [0.4, 0.5) is 0 Å². The zero-order valence-electron chi connectivity index (χ0n) is 16.1. The van der Waals surface area contributed by atoms with E-state index in [1.165, 1.54) is 23.8 Å². The van der Waals surface area contributed by atoms with E-state index >= 15 is 0 Å². The van der Waals surface area contributed by atoms with Crippen molar-refractivity contribution in [2.24, 2.45) is 0 Å². The van der Waals surface area contributed by atoms with Gasteiger partial charge in [-0.2, -0.15) is 3.97 Å². The third kappa shape index (κ3) is 3.21. The molecule has 0 unspecified atom stereocenters. The van der Waals surface area contributed by atoms with Crippen LogP contribution in [0.2, 0.25) is 0 Å². The molecule has 152 valence electrons. The molecule has 0 N–H and O–H groups in total. The Morgan fingerprint density at radius 3 is 2.17 bits per heavy atom. The van der Waals surface area contributed by atoms with Crippen molar-refractivity contribution in [1.29, 1.82) is 0 Å². The quantitative estimate of drug-likeness (QED) is 0.446. The number of rotatable bonds is 6. The van der Waals surface area contributed by atoms with Gasteiger partial charge in [0, 0.05) is 0 Å². The van der Waals surface area contributed by atoms with Crippen LogP contribution in [0.5, 0.6) is 5.75 Å². The average molecular weight is 422 g/mol. The summed E-state index contributed by atoms with van der Waals surface area (Å²) >= 11 is 0. The van der Waals surface area contributed by atoms with Crippen molar-refractivity contribution >= 4 is 26.8 Å². The Balaban J connectivity index is 1.88. The van der Waals surface area contributed by atoms with Gasteiger partial charge in [0.25, 0.3) is 10.0 Å². The van der Waals surface area contributed by atoms with Gasteiger partial charge < -0.3 is 4.74 Å². The van der Waals surface area contributed by atoms with E-state index in [-0.39, 0.29) is 22.7 Å². The van der Waals surface area contributed by atoms with E-state index in [1.54, 1.807) is 66.7 Å². The van der Waals surface area contributed by atoms with Crippen molar-refractivity contribution < 1.29 is 17.9 Å². The summed E-state index contributed by atoms with van der Waals surface area (Å²) in [5.41, 5.74) is 0.0717. The predicted octanol–water partition coefficient (Wildman–Crippen LogP) is 2.93. The highest BCUT2D eigenvalue weighted by Crippen LogP contribution is 2.22. The lowest BCUT2D eigenvalue weighted by Crippen LogP contribution is -2.31. The monoisotopic (exact) mass is 422 g/mol. The summed E-state index contributed by atoms with van der Waals surface area (Å²) < 4.78 is 33.5. The van der Waals surface area contributed by atoms with Crippen molar-refractivity contribution in [2.45, 2.75) is 11.4 Å². The van der Waals surface area contributed by atoms with Crippen LogP contribution in [-0.4, -0.2) is 29.9 Å². The highest BCUT2D eigenvalue weighted by Gasteiger charge is 2.26. The second-order valence-electron chi connectivity index (χ2n) is 6.56. The van der Waals surface area contributed by atoms with Crippen LogP contribution in [0.15, 0.2) is 88.6 Å². The van der Waals surface area contributed by atoms with Crippen molar-refractivity contribution in [1.82, 2.24) is 8.54 Å². The number of fused-ring (bicyclic) bond motifs is 1. The van der Waals surface area contributed by atoms with Crippen LogP contribution >= 0.6 is 0 Å². The van der Waals surface area contributed by atoms with Crippen molar-refractivity contribution in [2.75, 3.05) is 7.11 Å². The number of ether oxygens (including phenoxy) is 1. The molecule has 0 bridgehead atoms. The average Bonchev–Trinajstić information content (AvgIpc) is 3.06. The lowest BCUT2D eigenvalue weighted by atomic mass is 10.1. The van der Waals surface area contributed by atoms with E-state index in [1.807, 2.05) is 0 Å². The van der Waals surface area contributed by atoms with Crippen molar-refractivity contribution in [3.05, 3.63) is 94.9 Å². The first kappa shape index (κ1) is 19.7. The topological polar surface area (TPSA) is 87.4 Å². The highest BCUT2D eigenvalue weighted by atomic mass is 32.2. The second-order valence-corrected chi connectivity index (χ2v) is 8.35. The van der Waals surface area contributed by atoms with E-state index in [0.717, 1.165) is 3.97 Å². The highest BCUT2D eigenvalue weighted by molar-refractivity contribution is 7.90. The number of hydrogen-bond acceptors (Lipinski definition) is 5. The molecule has 30 heavy (non-hydrogen) atoms. The van der Waals surface area contributed by atoms with Gasteiger partial charge in [0.05, 0.1) is 35.1 Å². The first-order chi connectivity index (χ1) is 14.4. The van der Waals surface area contributed by atoms with Gasteiger partial charge in [0.2, 0.25) is 0 Å². The molecule has 7 nitrogen and oxygen atoms in total. The smallest absolute Gasteiger partial charge is 0.343 e. The molecule has 0 amide bonds. The summed E-state index contributed by atoms with van der Waals surface area (Å²) in [6.07, 6.45) is 0. The van der Waals surface area contributed by atoms with Gasteiger partial charge in [0.15, 0.2) is 5.78 Å². The Bertz CT molecular complexity index is 1400. The summed E-state index contributed by atoms with van der Waals surface area (Å²) in [6.45, 7) is -0.322. The largest absolute Gasteiger partial charge is 0.496 e. The lowest BCUT2D eigenvalue weighted by molar-refractivity contribution is 0.0969. The molecule has 0 saturated carbocycles. The van der Waals surface area contributed by atoms with E-state index in [9.17, 15) is 18.0 Å². The molecule has 8 heteroatoms. The van der Waals surface area contributed by atoms with Gasteiger partial charge >= 0.3 is 5.69 Å².